The third-order valence-electron chi connectivity index (χ3n) is 2.62. The van der Waals surface area contributed by atoms with Gasteiger partial charge in [0.1, 0.15) is 10.3 Å². The van der Waals surface area contributed by atoms with Crippen molar-refractivity contribution in [1.82, 2.24) is 15.2 Å². The smallest absolute Gasteiger partial charge is 0.277 e. The first-order chi connectivity index (χ1) is 10.2. The van der Waals surface area contributed by atoms with Crippen LogP contribution in [0.1, 0.15) is 5.56 Å². The molecule has 0 fully saturated rings. The highest BCUT2D eigenvalue weighted by Gasteiger charge is 2.11. The first-order valence-electron chi connectivity index (χ1n) is 6.04. The summed E-state index contributed by atoms with van der Waals surface area (Å²) in [7, 11) is 0. The first kappa shape index (κ1) is 14.4. The van der Waals surface area contributed by atoms with Crippen LogP contribution in [0.5, 0.6) is 0 Å². The monoisotopic (exact) mass is 337 g/mol. The molecule has 106 valence electrons. The zero-order valence-electron chi connectivity index (χ0n) is 10.7. The van der Waals surface area contributed by atoms with Crippen LogP contribution in [-0.2, 0) is 5.75 Å². The Labute approximate surface area is 135 Å². The summed E-state index contributed by atoms with van der Waals surface area (Å²) < 4.78 is 5.60. The van der Waals surface area contributed by atoms with E-state index in [2.05, 4.69) is 15.2 Å². The lowest BCUT2D eigenvalue weighted by atomic mass is 10.2. The number of hydrogen-bond acceptors (Lipinski definition) is 5. The van der Waals surface area contributed by atoms with Crippen LogP contribution in [0.4, 0.5) is 0 Å². The van der Waals surface area contributed by atoms with Gasteiger partial charge in [0.05, 0.1) is 0 Å². The topological polar surface area (TPSA) is 51.8 Å². The minimum absolute atomic E-state index is 0.286. The van der Waals surface area contributed by atoms with Gasteiger partial charge in [-0.05, 0) is 17.7 Å². The lowest BCUT2D eigenvalue weighted by Gasteiger charge is -1.98. The highest BCUT2D eigenvalue weighted by molar-refractivity contribution is 7.98. The fourth-order valence-electron chi connectivity index (χ4n) is 1.69. The van der Waals surface area contributed by atoms with Gasteiger partial charge >= 0.3 is 0 Å². The largest absolute Gasteiger partial charge is 0.411 e. The van der Waals surface area contributed by atoms with Gasteiger partial charge < -0.3 is 4.42 Å². The molecule has 21 heavy (non-hydrogen) atoms. The van der Waals surface area contributed by atoms with Crippen LogP contribution in [0.2, 0.25) is 10.3 Å². The molecule has 0 unspecified atom stereocenters. The molecule has 0 aliphatic carbocycles. The molecule has 2 aromatic heterocycles. The number of thioether (sulfide) groups is 1. The average molecular weight is 338 g/mol. The number of rotatable bonds is 4. The Kier molecular flexibility index (Phi) is 4.43. The van der Waals surface area contributed by atoms with Gasteiger partial charge in [-0.2, -0.15) is 0 Å². The van der Waals surface area contributed by atoms with Crippen LogP contribution in [0.15, 0.2) is 52.1 Å². The van der Waals surface area contributed by atoms with Crippen molar-refractivity contribution in [2.75, 3.05) is 0 Å². The Morgan fingerprint density at radius 2 is 1.71 bits per heavy atom. The van der Waals surface area contributed by atoms with E-state index in [1.54, 1.807) is 12.1 Å². The number of benzene rings is 1. The van der Waals surface area contributed by atoms with Crippen LogP contribution in [0, 0.1) is 0 Å². The minimum atomic E-state index is 0.286. The van der Waals surface area contributed by atoms with E-state index < -0.39 is 0 Å². The summed E-state index contributed by atoms with van der Waals surface area (Å²) in [4.78, 5) is 3.88. The van der Waals surface area contributed by atoms with Gasteiger partial charge in [0.25, 0.3) is 5.22 Å². The summed E-state index contributed by atoms with van der Waals surface area (Å²) in [5, 5.41) is 9.08. The summed E-state index contributed by atoms with van der Waals surface area (Å²) >= 11 is 13.2. The fraction of sp³-hybridized carbons (Fsp3) is 0.0714. The maximum Gasteiger partial charge on any atom is 0.277 e. The quantitative estimate of drug-likeness (QED) is 0.508. The molecule has 3 aromatic rings. The van der Waals surface area contributed by atoms with Crippen molar-refractivity contribution in [3.63, 3.8) is 0 Å². The lowest BCUT2D eigenvalue weighted by molar-refractivity contribution is 0.466. The Balaban J connectivity index is 1.74. The molecule has 3 rings (SSSR count). The summed E-state index contributed by atoms with van der Waals surface area (Å²) in [5.74, 6) is 1.14. The summed E-state index contributed by atoms with van der Waals surface area (Å²) in [5.41, 5.74) is 1.84. The Morgan fingerprint density at radius 3 is 2.43 bits per heavy atom. The third kappa shape index (κ3) is 3.75. The molecule has 0 spiro atoms. The lowest BCUT2D eigenvalue weighted by Crippen LogP contribution is -1.82. The molecule has 0 atom stereocenters. The zero-order valence-corrected chi connectivity index (χ0v) is 13.0. The molecule has 1 aromatic carbocycles. The van der Waals surface area contributed by atoms with Crippen LogP contribution in [-0.4, -0.2) is 15.2 Å². The SMILES string of the molecule is Clc1cc(-c2nnc(SCc3ccccc3)o2)cc(Cl)n1. The van der Waals surface area contributed by atoms with Gasteiger partial charge in [0.2, 0.25) is 5.89 Å². The molecule has 0 radical (unpaired) electrons. The van der Waals surface area contributed by atoms with Crippen LogP contribution >= 0.6 is 35.0 Å². The minimum Gasteiger partial charge on any atom is -0.411 e. The first-order valence-corrected chi connectivity index (χ1v) is 7.78. The predicted octanol–water partition coefficient (Wildman–Crippen LogP) is 4.73. The van der Waals surface area contributed by atoms with Crippen molar-refractivity contribution in [2.24, 2.45) is 0 Å². The van der Waals surface area contributed by atoms with Gasteiger partial charge in [0, 0.05) is 11.3 Å². The highest BCUT2D eigenvalue weighted by atomic mass is 35.5. The van der Waals surface area contributed by atoms with Crippen molar-refractivity contribution in [2.45, 2.75) is 11.0 Å². The highest BCUT2D eigenvalue weighted by Crippen LogP contribution is 2.27. The van der Waals surface area contributed by atoms with Gasteiger partial charge in [-0.25, -0.2) is 4.98 Å². The number of hydrogen-bond donors (Lipinski definition) is 0. The fourth-order valence-corrected chi connectivity index (χ4v) is 2.87. The number of aromatic nitrogens is 3. The molecule has 7 heteroatoms. The molecule has 0 saturated carbocycles. The molecular weight excluding hydrogens is 329 g/mol. The molecule has 0 aliphatic rings. The molecule has 0 amide bonds. The van der Waals surface area contributed by atoms with Gasteiger partial charge in [0.15, 0.2) is 0 Å². The Bertz CT molecular complexity index is 729. The summed E-state index contributed by atoms with van der Waals surface area (Å²) in [6.45, 7) is 0. The van der Waals surface area contributed by atoms with Crippen molar-refractivity contribution in [3.8, 4) is 11.5 Å². The van der Waals surface area contributed by atoms with E-state index >= 15 is 0 Å². The standard InChI is InChI=1S/C14H9Cl2N3OS/c15-11-6-10(7-12(16)17-11)13-18-19-14(20-13)21-8-9-4-2-1-3-5-9/h1-7H,8H2. The number of pyridine rings is 1. The molecule has 0 bridgehead atoms. The van der Waals surface area contributed by atoms with E-state index in [1.165, 1.54) is 17.3 Å². The normalized spacial score (nSPS) is 10.8. The van der Waals surface area contributed by atoms with Crippen molar-refractivity contribution >= 4 is 35.0 Å². The molecule has 2 heterocycles. The molecule has 0 saturated heterocycles. The summed E-state index contributed by atoms with van der Waals surface area (Å²) in [6.07, 6.45) is 0. The maximum absolute atomic E-state index is 5.86. The van der Waals surface area contributed by atoms with E-state index in [-0.39, 0.29) is 10.3 Å². The molecule has 0 aliphatic heterocycles. The molecular formula is C14H9Cl2N3OS. The van der Waals surface area contributed by atoms with Crippen LogP contribution in [0.25, 0.3) is 11.5 Å². The molecule has 0 N–H and O–H groups in total. The van der Waals surface area contributed by atoms with Crippen LogP contribution in [0.3, 0.4) is 0 Å². The Hall–Kier alpha value is -1.56. The van der Waals surface area contributed by atoms with Gasteiger partial charge in [-0.15, -0.1) is 10.2 Å². The van der Waals surface area contributed by atoms with E-state index in [4.69, 9.17) is 27.6 Å². The molecule has 4 nitrogen and oxygen atoms in total. The summed E-state index contributed by atoms with van der Waals surface area (Å²) in [6, 6.07) is 13.3. The number of nitrogens with zero attached hydrogens (tertiary/aromatic N) is 3. The van der Waals surface area contributed by atoms with E-state index in [1.807, 2.05) is 30.3 Å². The van der Waals surface area contributed by atoms with Crippen molar-refractivity contribution in [3.05, 3.63) is 58.3 Å². The maximum atomic E-state index is 5.86. The second-order valence-electron chi connectivity index (χ2n) is 4.15. The van der Waals surface area contributed by atoms with Crippen molar-refractivity contribution in [1.29, 1.82) is 0 Å². The van der Waals surface area contributed by atoms with E-state index in [9.17, 15) is 0 Å². The third-order valence-corrected chi connectivity index (χ3v) is 3.90. The van der Waals surface area contributed by atoms with Gasteiger partial charge in [-0.1, -0.05) is 65.3 Å². The second-order valence-corrected chi connectivity index (χ2v) is 5.85. The van der Waals surface area contributed by atoms with Crippen molar-refractivity contribution < 1.29 is 4.42 Å². The Morgan fingerprint density at radius 1 is 1.00 bits per heavy atom. The average Bonchev–Trinajstić information content (AvgIpc) is 2.94. The zero-order chi connectivity index (χ0) is 14.7. The van der Waals surface area contributed by atoms with Gasteiger partial charge in [-0.3, -0.25) is 0 Å². The second kappa shape index (κ2) is 6.47. The van der Waals surface area contributed by atoms with E-state index in [0.717, 1.165) is 5.75 Å². The predicted molar refractivity (Wildman–Crippen MR) is 83.6 cm³/mol. The van der Waals surface area contributed by atoms with E-state index in [0.29, 0.717) is 16.7 Å². The van der Waals surface area contributed by atoms with Crippen LogP contribution < -0.4 is 0 Å². The number of halogens is 2.